The van der Waals surface area contributed by atoms with Crippen molar-refractivity contribution in [3.8, 4) is 0 Å². The molecule has 0 N–H and O–H groups in total. The predicted molar refractivity (Wildman–Crippen MR) is 86.8 cm³/mol. The average Bonchev–Trinajstić information content (AvgIpc) is 2.60. The highest BCUT2D eigenvalue weighted by Crippen LogP contribution is 2.36. The minimum absolute atomic E-state index is 0.114. The molecule has 0 radical (unpaired) electrons. The third-order valence-electron chi connectivity index (χ3n) is 3.35. The van der Waals surface area contributed by atoms with Crippen molar-refractivity contribution >= 4 is 23.4 Å². The fraction of sp³-hybridized carbons (Fsp3) is 0.111. The minimum atomic E-state index is -5.10. The van der Waals surface area contributed by atoms with Crippen molar-refractivity contribution in [2.45, 2.75) is 12.4 Å². The topological polar surface area (TPSA) is 43.4 Å². The Bertz CT molecular complexity index is 882. The van der Waals surface area contributed by atoms with Crippen molar-refractivity contribution < 1.29 is 40.7 Å². The van der Waals surface area contributed by atoms with E-state index >= 15 is 0 Å². The Balaban J connectivity index is 2.21. The van der Waals surface area contributed by atoms with Gasteiger partial charge in [0.05, 0.1) is 23.0 Å². The van der Waals surface area contributed by atoms with Gasteiger partial charge in [0.2, 0.25) is 0 Å². The van der Waals surface area contributed by atoms with E-state index in [9.17, 15) is 35.9 Å². The molecule has 3 nitrogen and oxygen atoms in total. The van der Waals surface area contributed by atoms with Gasteiger partial charge in [0.25, 0.3) is 0 Å². The van der Waals surface area contributed by atoms with Gasteiger partial charge in [-0.25, -0.2) is 4.79 Å². The lowest BCUT2D eigenvalue weighted by Gasteiger charge is -2.13. The van der Waals surface area contributed by atoms with Crippen LogP contribution in [-0.4, -0.2) is 11.8 Å². The van der Waals surface area contributed by atoms with Crippen molar-refractivity contribution in [3.63, 3.8) is 0 Å². The van der Waals surface area contributed by atoms with Gasteiger partial charge in [-0.05, 0) is 42.5 Å². The normalized spacial score (nSPS) is 12.2. The molecule has 0 amide bonds. The SMILES string of the molecule is O=C(/C=C/OC(=O)c1cc(C(F)(F)F)cc(C(F)(F)F)c1)c1ccc(Cl)cc1. The first-order chi connectivity index (χ1) is 12.9. The van der Waals surface area contributed by atoms with E-state index in [4.69, 9.17) is 11.6 Å². The molecular weight excluding hydrogens is 414 g/mol. The number of esters is 1. The van der Waals surface area contributed by atoms with E-state index in [0.717, 1.165) is 6.08 Å². The van der Waals surface area contributed by atoms with Crippen molar-refractivity contribution in [2.75, 3.05) is 0 Å². The molecule has 28 heavy (non-hydrogen) atoms. The summed E-state index contributed by atoms with van der Waals surface area (Å²) in [6.45, 7) is 0. The lowest BCUT2D eigenvalue weighted by atomic mass is 10.0. The first-order valence-electron chi connectivity index (χ1n) is 7.35. The number of alkyl halides is 6. The van der Waals surface area contributed by atoms with E-state index in [1.807, 2.05) is 0 Å². The van der Waals surface area contributed by atoms with Gasteiger partial charge in [0.15, 0.2) is 5.78 Å². The van der Waals surface area contributed by atoms with Crippen LogP contribution in [0.25, 0.3) is 0 Å². The molecule has 0 saturated carbocycles. The summed E-state index contributed by atoms with van der Waals surface area (Å²) < 4.78 is 81.2. The summed E-state index contributed by atoms with van der Waals surface area (Å²) in [4.78, 5) is 23.7. The van der Waals surface area contributed by atoms with Gasteiger partial charge in [-0.15, -0.1) is 0 Å². The third-order valence-corrected chi connectivity index (χ3v) is 3.60. The van der Waals surface area contributed by atoms with Gasteiger partial charge in [0.1, 0.15) is 0 Å². The van der Waals surface area contributed by atoms with Crippen LogP contribution in [0.5, 0.6) is 0 Å². The van der Waals surface area contributed by atoms with Crippen LogP contribution in [0.1, 0.15) is 31.8 Å². The highest BCUT2D eigenvalue weighted by Gasteiger charge is 2.37. The maximum absolute atomic E-state index is 12.8. The molecule has 0 aliphatic rings. The first-order valence-corrected chi connectivity index (χ1v) is 7.72. The second-order valence-corrected chi connectivity index (χ2v) is 5.81. The minimum Gasteiger partial charge on any atom is -0.431 e. The van der Waals surface area contributed by atoms with Gasteiger partial charge in [-0.2, -0.15) is 26.3 Å². The molecule has 0 saturated heterocycles. The van der Waals surface area contributed by atoms with E-state index in [1.165, 1.54) is 24.3 Å². The fourth-order valence-electron chi connectivity index (χ4n) is 2.01. The van der Waals surface area contributed by atoms with Crippen LogP contribution >= 0.6 is 11.6 Å². The largest absolute Gasteiger partial charge is 0.431 e. The first kappa shape index (κ1) is 21.5. The van der Waals surface area contributed by atoms with Crippen molar-refractivity contribution in [3.05, 3.63) is 82.1 Å². The predicted octanol–water partition coefficient (Wildman–Crippen LogP) is 5.93. The molecule has 0 fully saturated rings. The molecule has 148 valence electrons. The highest BCUT2D eigenvalue weighted by atomic mass is 35.5. The molecular formula is C18H9ClF6O3. The lowest BCUT2D eigenvalue weighted by Crippen LogP contribution is -2.14. The fourth-order valence-corrected chi connectivity index (χ4v) is 2.13. The molecule has 0 spiro atoms. The number of benzene rings is 2. The maximum atomic E-state index is 12.8. The number of halogens is 7. The molecule has 0 atom stereocenters. The number of carbonyl (C=O) groups excluding carboxylic acids is 2. The van der Waals surface area contributed by atoms with Crippen LogP contribution in [-0.2, 0) is 17.1 Å². The van der Waals surface area contributed by atoms with Gasteiger partial charge in [-0.1, -0.05) is 11.6 Å². The van der Waals surface area contributed by atoms with Crippen LogP contribution in [0.4, 0.5) is 26.3 Å². The monoisotopic (exact) mass is 422 g/mol. The lowest BCUT2D eigenvalue weighted by molar-refractivity contribution is -0.143. The quantitative estimate of drug-likeness (QED) is 0.202. The summed E-state index contributed by atoms with van der Waals surface area (Å²) in [6, 6.07) is 5.94. The zero-order valence-corrected chi connectivity index (χ0v) is 14.3. The van der Waals surface area contributed by atoms with Crippen LogP contribution in [0.2, 0.25) is 5.02 Å². The van der Waals surface area contributed by atoms with E-state index in [0.29, 0.717) is 11.3 Å². The van der Waals surface area contributed by atoms with Crippen LogP contribution in [0.15, 0.2) is 54.8 Å². The van der Waals surface area contributed by atoms with Crippen LogP contribution in [0, 0.1) is 0 Å². The van der Waals surface area contributed by atoms with Crippen molar-refractivity contribution in [2.24, 2.45) is 0 Å². The Labute approximate surface area is 159 Å². The molecule has 2 aromatic rings. The smallest absolute Gasteiger partial charge is 0.416 e. The third kappa shape index (κ3) is 5.59. The number of ether oxygens (including phenoxy) is 1. The zero-order valence-electron chi connectivity index (χ0n) is 13.6. The van der Waals surface area contributed by atoms with Gasteiger partial charge in [0, 0.05) is 16.7 Å². The van der Waals surface area contributed by atoms with Gasteiger partial charge < -0.3 is 4.74 Å². The van der Waals surface area contributed by atoms with Crippen molar-refractivity contribution in [1.29, 1.82) is 0 Å². The summed E-state index contributed by atoms with van der Waals surface area (Å²) >= 11 is 5.66. The van der Waals surface area contributed by atoms with Gasteiger partial charge in [-0.3, -0.25) is 4.79 Å². The molecule has 0 aromatic heterocycles. The van der Waals surface area contributed by atoms with E-state index < -0.39 is 40.8 Å². The van der Waals surface area contributed by atoms with E-state index in [1.54, 1.807) is 0 Å². The van der Waals surface area contributed by atoms with E-state index in [-0.39, 0.29) is 23.8 Å². The number of allylic oxidation sites excluding steroid dienone is 1. The zero-order chi connectivity index (χ0) is 21.1. The van der Waals surface area contributed by atoms with Crippen LogP contribution < -0.4 is 0 Å². The Hall–Kier alpha value is -2.81. The Morgan fingerprint density at radius 2 is 1.32 bits per heavy atom. The standard InChI is InChI=1S/C18H9ClF6O3/c19-14-3-1-10(2-4-14)15(26)5-6-28-16(27)11-7-12(17(20,21)22)9-13(8-11)18(23,24)25/h1-9H/b6-5+. The van der Waals surface area contributed by atoms with Gasteiger partial charge >= 0.3 is 18.3 Å². The molecule has 0 aliphatic carbocycles. The van der Waals surface area contributed by atoms with Crippen LogP contribution in [0.3, 0.4) is 0 Å². The van der Waals surface area contributed by atoms with E-state index in [2.05, 4.69) is 4.74 Å². The molecule has 10 heteroatoms. The molecule has 0 aliphatic heterocycles. The number of carbonyl (C=O) groups is 2. The average molecular weight is 423 g/mol. The molecule has 0 bridgehead atoms. The molecule has 0 unspecified atom stereocenters. The summed E-state index contributed by atoms with van der Waals surface area (Å²) in [5.41, 5.74) is -4.10. The molecule has 2 rings (SSSR count). The molecule has 0 heterocycles. The maximum Gasteiger partial charge on any atom is 0.416 e. The summed E-state index contributed by atoms with van der Waals surface area (Å²) in [5, 5.41) is 0.372. The Morgan fingerprint density at radius 1 is 0.821 bits per heavy atom. The number of rotatable bonds is 4. The molecule has 2 aromatic carbocycles. The number of ketones is 1. The summed E-state index contributed by atoms with van der Waals surface area (Å²) in [6.07, 6.45) is -8.83. The second kappa shape index (κ2) is 8.05. The number of hydrogen-bond acceptors (Lipinski definition) is 3. The highest BCUT2D eigenvalue weighted by molar-refractivity contribution is 6.30. The summed E-state index contributed by atoms with van der Waals surface area (Å²) in [7, 11) is 0. The second-order valence-electron chi connectivity index (χ2n) is 5.37. The number of hydrogen-bond donors (Lipinski definition) is 0. The summed E-state index contributed by atoms with van der Waals surface area (Å²) in [5.74, 6) is -2.11. The van der Waals surface area contributed by atoms with Crippen molar-refractivity contribution in [1.82, 2.24) is 0 Å². The Morgan fingerprint density at radius 3 is 1.79 bits per heavy atom. The Kier molecular flexibility index (Phi) is 6.18.